The topological polar surface area (TPSA) is 67.5 Å². The van der Waals surface area contributed by atoms with E-state index in [1.807, 2.05) is 4.90 Å². The van der Waals surface area contributed by atoms with Crippen LogP contribution in [-0.4, -0.2) is 28.0 Å². The Bertz CT molecular complexity index is 1060. The third kappa shape index (κ3) is 3.38. The number of carbonyl (C=O) groups is 1. The van der Waals surface area contributed by atoms with Crippen molar-refractivity contribution in [3.8, 4) is 0 Å². The SMILES string of the molecule is Cn1c(=O)oc2ccc(NC(=O)C3CCCN3Cc3ccccc3F)cc21. The largest absolute Gasteiger partial charge is 0.419 e. The summed E-state index contributed by atoms with van der Waals surface area (Å²) in [5.41, 5.74) is 2.28. The number of hydrogen-bond acceptors (Lipinski definition) is 4. The Balaban J connectivity index is 1.51. The van der Waals surface area contributed by atoms with Crippen LogP contribution in [0.15, 0.2) is 51.7 Å². The third-order valence-corrected chi connectivity index (χ3v) is 5.06. The molecule has 27 heavy (non-hydrogen) atoms. The zero-order chi connectivity index (χ0) is 19.0. The number of carbonyl (C=O) groups excluding carboxylic acids is 1. The van der Waals surface area contributed by atoms with Crippen LogP contribution in [0.5, 0.6) is 0 Å². The summed E-state index contributed by atoms with van der Waals surface area (Å²) in [5.74, 6) is -0.827. The van der Waals surface area contributed by atoms with Crippen molar-refractivity contribution in [2.45, 2.75) is 25.4 Å². The number of anilines is 1. The number of hydrogen-bond donors (Lipinski definition) is 1. The minimum absolute atomic E-state index is 0.128. The highest BCUT2D eigenvalue weighted by Crippen LogP contribution is 2.24. The molecule has 3 aromatic rings. The van der Waals surface area contributed by atoms with Crippen LogP contribution < -0.4 is 11.1 Å². The summed E-state index contributed by atoms with van der Waals surface area (Å²) < 4.78 is 20.4. The molecule has 1 amide bonds. The summed E-state index contributed by atoms with van der Waals surface area (Å²) in [4.78, 5) is 26.4. The average molecular weight is 369 g/mol. The summed E-state index contributed by atoms with van der Waals surface area (Å²) in [5, 5.41) is 2.91. The molecule has 1 atom stereocenters. The number of nitrogens with one attached hydrogen (secondary N) is 1. The monoisotopic (exact) mass is 369 g/mol. The van der Waals surface area contributed by atoms with Crippen LogP contribution in [0.1, 0.15) is 18.4 Å². The first-order valence-corrected chi connectivity index (χ1v) is 8.91. The molecule has 1 saturated heterocycles. The van der Waals surface area contributed by atoms with Gasteiger partial charge in [-0.2, -0.15) is 0 Å². The van der Waals surface area contributed by atoms with Crippen LogP contribution in [-0.2, 0) is 18.4 Å². The second kappa shape index (κ2) is 7.00. The number of benzene rings is 2. The van der Waals surface area contributed by atoms with E-state index in [0.717, 1.165) is 19.4 Å². The van der Waals surface area contributed by atoms with E-state index in [1.54, 1.807) is 43.4 Å². The standard InChI is InChI=1S/C20H20FN3O3/c1-23-17-11-14(8-9-18(17)27-20(23)26)22-19(25)16-7-4-10-24(16)12-13-5-2-3-6-15(13)21/h2-3,5-6,8-9,11,16H,4,7,10,12H2,1H3,(H,22,25). The second-order valence-corrected chi connectivity index (χ2v) is 6.82. The fourth-order valence-corrected chi connectivity index (χ4v) is 3.59. The zero-order valence-electron chi connectivity index (χ0n) is 14.9. The number of aryl methyl sites for hydroxylation is 1. The van der Waals surface area contributed by atoms with Crippen molar-refractivity contribution in [3.05, 3.63) is 64.4 Å². The predicted octanol–water partition coefficient (Wildman–Crippen LogP) is 2.87. The Labute approximate surface area is 155 Å². The summed E-state index contributed by atoms with van der Waals surface area (Å²) >= 11 is 0. The Hall–Kier alpha value is -2.93. The Kier molecular flexibility index (Phi) is 4.53. The van der Waals surface area contributed by atoms with E-state index in [0.29, 0.717) is 28.9 Å². The lowest BCUT2D eigenvalue weighted by molar-refractivity contribution is -0.120. The number of nitrogens with zero attached hydrogens (tertiary/aromatic N) is 2. The van der Waals surface area contributed by atoms with Gasteiger partial charge in [0.2, 0.25) is 5.91 Å². The summed E-state index contributed by atoms with van der Waals surface area (Å²) in [7, 11) is 1.62. The normalized spacial score (nSPS) is 17.5. The van der Waals surface area contributed by atoms with Gasteiger partial charge in [0.25, 0.3) is 0 Å². The van der Waals surface area contributed by atoms with E-state index >= 15 is 0 Å². The molecule has 0 radical (unpaired) electrons. The molecule has 0 spiro atoms. The van der Waals surface area contributed by atoms with Gasteiger partial charge < -0.3 is 9.73 Å². The second-order valence-electron chi connectivity index (χ2n) is 6.82. The number of oxazole rings is 1. The molecule has 4 rings (SSSR count). The fraction of sp³-hybridized carbons (Fsp3) is 0.300. The number of rotatable bonds is 4. The summed E-state index contributed by atoms with van der Waals surface area (Å²) in [6.45, 7) is 1.15. The Morgan fingerprint density at radius 1 is 1.30 bits per heavy atom. The van der Waals surface area contributed by atoms with Gasteiger partial charge in [0.1, 0.15) is 5.82 Å². The minimum atomic E-state index is -0.444. The van der Waals surface area contributed by atoms with E-state index in [9.17, 15) is 14.0 Å². The van der Waals surface area contributed by atoms with E-state index in [4.69, 9.17) is 4.42 Å². The van der Waals surface area contributed by atoms with Gasteiger partial charge in [-0.15, -0.1) is 0 Å². The maximum Gasteiger partial charge on any atom is 0.419 e. The molecule has 6 nitrogen and oxygen atoms in total. The smallest absolute Gasteiger partial charge is 0.408 e. The van der Waals surface area contributed by atoms with E-state index in [1.165, 1.54) is 10.6 Å². The highest BCUT2D eigenvalue weighted by atomic mass is 19.1. The van der Waals surface area contributed by atoms with Crippen LogP contribution in [0.2, 0.25) is 0 Å². The van der Waals surface area contributed by atoms with E-state index in [2.05, 4.69) is 5.32 Å². The first-order chi connectivity index (χ1) is 13.0. The summed E-state index contributed by atoms with van der Waals surface area (Å²) in [6.07, 6.45) is 1.62. The van der Waals surface area contributed by atoms with Gasteiger partial charge in [-0.3, -0.25) is 14.3 Å². The number of halogens is 1. The molecule has 7 heteroatoms. The molecule has 0 aliphatic carbocycles. The molecule has 1 unspecified atom stereocenters. The van der Waals surface area contributed by atoms with Gasteiger partial charge in [-0.1, -0.05) is 18.2 Å². The van der Waals surface area contributed by atoms with Crippen molar-refractivity contribution in [1.82, 2.24) is 9.47 Å². The van der Waals surface area contributed by atoms with Crippen LogP contribution in [0, 0.1) is 5.82 Å². The van der Waals surface area contributed by atoms with Crippen LogP contribution in [0.3, 0.4) is 0 Å². The molecule has 1 aromatic heterocycles. The van der Waals surface area contributed by atoms with Crippen molar-refractivity contribution < 1.29 is 13.6 Å². The van der Waals surface area contributed by atoms with Gasteiger partial charge in [0.15, 0.2) is 5.58 Å². The molecule has 1 N–H and O–H groups in total. The lowest BCUT2D eigenvalue weighted by atomic mass is 10.1. The maximum atomic E-state index is 13.9. The molecule has 1 aliphatic heterocycles. The number of amides is 1. The quantitative estimate of drug-likeness (QED) is 0.768. The van der Waals surface area contributed by atoms with Crippen LogP contribution in [0.25, 0.3) is 11.1 Å². The molecule has 140 valence electrons. The number of likely N-dealkylation sites (tertiary alicyclic amines) is 1. The average Bonchev–Trinajstić information content (AvgIpc) is 3.22. The Morgan fingerprint density at radius 3 is 2.93 bits per heavy atom. The lowest BCUT2D eigenvalue weighted by Crippen LogP contribution is -2.39. The van der Waals surface area contributed by atoms with Gasteiger partial charge in [-0.25, -0.2) is 9.18 Å². The molecule has 0 saturated carbocycles. The van der Waals surface area contributed by atoms with E-state index < -0.39 is 5.76 Å². The first-order valence-electron chi connectivity index (χ1n) is 8.91. The van der Waals surface area contributed by atoms with E-state index in [-0.39, 0.29) is 17.8 Å². The van der Waals surface area contributed by atoms with Crippen molar-refractivity contribution in [2.24, 2.45) is 7.05 Å². The van der Waals surface area contributed by atoms with Gasteiger partial charge in [-0.05, 0) is 43.7 Å². The summed E-state index contributed by atoms with van der Waals surface area (Å²) in [6, 6.07) is 11.4. The van der Waals surface area contributed by atoms with Crippen molar-refractivity contribution in [3.63, 3.8) is 0 Å². The third-order valence-electron chi connectivity index (χ3n) is 5.06. The minimum Gasteiger partial charge on any atom is -0.408 e. The highest BCUT2D eigenvalue weighted by molar-refractivity contribution is 5.96. The maximum absolute atomic E-state index is 13.9. The fourth-order valence-electron chi connectivity index (χ4n) is 3.59. The first kappa shape index (κ1) is 17.5. The van der Waals surface area contributed by atoms with Crippen LogP contribution >= 0.6 is 0 Å². The molecular formula is C20H20FN3O3. The highest BCUT2D eigenvalue weighted by Gasteiger charge is 2.31. The molecular weight excluding hydrogens is 349 g/mol. The number of fused-ring (bicyclic) bond motifs is 1. The number of aromatic nitrogens is 1. The van der Waals surface area contributed by atoms with Crippen LogP contribution in [0.4, 0.5) is 10.1 Å². The van der Waals surface area contributed by atoms with Crippen molar-refractivity contribution in [2.75, 3.05) is 11.9 Å². The Morgan fingerprint density at radius 2 is 2.11 bits per heavy atom. The van der Waals surface area contributed by atoms with Crippen molar-refractivity contribution >= 4 is 22.7 Å². The molecule has 0 bridgehead atoms. The van der Waals surface area contributed by atoms with Crippen molar-refractivity contribution in [1.29, 1.82) is 0 Å². The van der Waals surface area contributed by atoms with Gasteiger partial charge in [0, 0.05) is 24.8 Å². The molecule has 2 aromatic carbocycles. The lowest BCUT2D eigenvalue weighted by Gasteiger charge is -2.24. The predicted molar refractivity (Wildman–Crippen MR) is 99.9 cm³/mol. The molecule has 1 fully saturated rings. The van der Waals surface area contributed by atoms with Gasteiger partial charge >= 0.3 is 5.76 Å². The molecule has 2 heterocycles. The zero-order valence-corrected chi connectivity index (χ0v) is 14.9. The molecule has 1 aliphatic rings. The van der Waals surface area contributed by atoms with Gasteiger partial charge in [0.05, 0.1) is 11.6 Å².